The van der Waals surface area contributed by atoms with E-state index in [2.05, 4.69) is 0 Å². The molecule has 1 aromatic carbocycles. The molecule has 14 heavy (non-hydrogen) atoms. The predicted octanol–water partition coefficient (Wildman–Crippen LogP) is 1.83. The van der Waals surface area contributed by atoms with Crippen molar-refractivity contribution in [3.63, 3.8) is 0 Å². The molecule has 0 unspecified atom stereocenters. The Hall–Kier alpha value is -1.16. The fourth-order valence-electron chi connectivity index (χ4n) is 1.10. The first-order valence-corrected chi connectivity index (χ1v) is 4.46. The van der Waals surface area contributed by atoms with Gasteiger partial charge in [-0.15, -0.1) is 0 Å². The van der Waals surface area contributed by atoms with Gasteiger partial charge in [-0.25, -0.2) is 8.78 Å². The van der Waals surface area contributed by atoms with Crippen molar-refractivity contribution in [2.45, 2.75) is 18.4 Å². The van der Waals surface area contributed by atoms with Crippen molar-refractivity contribution in [3.8, 4) is 5.75 Å². The first-order valence-electron chi connectivity index (χ1n) is 4.46. The third kappa shape index (κ3) is 2.01. The van der Waals surface area contributed by atoms with Crippen LogP contribution in [0.15, 0.2) is 18.2 Å². The summed E-state index contributed by atoms with van der Waals surface area (Å²) in [5.74, 6) is -1.45. The van der Waals surface area contributed by atoms with Gasteiger partial charge in [-0.2, -0.15) is 0 Å². The van der Waals surface area contributed by atoms with E-state index in [0.717, 1.165) is 25.0 Å². The summed E-state index contributed by atoms with van der Waals surface area (Å²) in [6.07, 6.45) is 1.85. The van der Waals surface area contributed by atoms with Gasteiger partial charge in [0, 0.05) is 6.07 Å². The smallest absolute Gasteiger partial charge is 0.162 e. The van der Waals surface area contributed by atoms with Crippen LogP contribution in [0.4, 0.5) is 8.78 Å². The van der Waals surface area contributed by atoms with Crippen molar-refractivity contribution in [1.82, 2.24) is 0 Å². The molecular formula is C10H11F2NO. The standard InChI is InChI=1S/C10H11F2NO/c11-8-2-1-7(5-9(8)12)14-6-10(13)3-4-10/h1-2,5H,3-4,6,13H2. The zero-order chi connectivity index (χ0) is 10.2. The second-order valence-electron chi connectivity index (χ2n) is 3.73. The number of hydrogen-bond acceptors (Lipinski definition) is 2. The molecule has 1 fully saturated rings. The van der Waals surface area contributed by atoms with Gasteiger partial charge in [0.15, 0.2) is 11.6 Å². The molecular weight excluding hydrogens is 188 g/mol. The lowest BCUT2D eigenvalue weighted by molar-refractivity contribution is 0.277. The van der Waals surface area contributed by atoms with E-state index in [1.807, 2.05) is 0 Å². The Kier molecular flexibility index (Phi) is 2.15. The van der Waals surface area contributed by atoms with Crippen molar-refractivity contribution >= 4 is 0 Å². The SMILES string of the molecule is NC1(COc2ccc(F)c(F)c2)CC1. The Balaban J connectivity index is 1.99. The Morgan fingerprint density at radius 3 is 2.57 bits per heavy atom. The van der Waals surface area contributed by atoms with Crippen LogP contribution in [0.1, 0.15) is 12.8 Å². The molecule has 1 aliphatic carbocycles. The number of benzene rings is 1. The van der Waals surface area contributed by atoms with E-state index in [-0.39, 0.29) is 5.54 Å². The summed E-state index contributed by atoms with van der Waals surface area (Å²) in [5, 5.41) is 0. The third-order valence-corrected chi connectivity index (χ3v) is 2.31. The molecule has 1 aliphatic rings. The van der Waals surface area contributed by atoms with Gasteiger partial charge in [0.25, 0.3) is 0 Å². The maximum Gasteiger partial charge on any atom is 0.162 e. The maximum absolute atomic E-state index is 12.7. The summed E-state index contributed by atoms with van der Waals surface area (Å²) in [7, 11) is 0. The van der Waals surface area contributed by atoms with Crippen molar-refractivity contribution in [2.24, 2.45) is 5.73 Å². The highest BCUT2D eigenvalue weighted by atomic mass is 19.2. The van der Waals surface area contributed by atoms with Gasteiger partial charge < -0.3 is 10.5 Å². The molecule has 0 spiro atoms. The lowest BCUT2D eigenvalue weighted by Gasteiger charge is -2.10. The van der Waals surface area contributed by atoms with Gasteiger partial charge >= 0.3 is 0 Å². The molecule has 0 aliphatic heterocycles. The van der Waals surface area contributed by atoms with Gasteiger partial charge in [0.05, 0.1) is 5.54 Å². The van der Waals surface area contributed by atoms with Gasteiger partial charge in [-0.3, -0.25) is 0 Å². The first kappa shape index (κ1) is 9.40. The Bertz CT molecular complexity index is 350. The van der Waals surface area contributed by atoms with Crippen LogP contribution in [0.2, 0.25) is 0 Å². The minimum atomic E-state index is -0.899. The molecule has 0 bridgehead atoms. The van der Waals surface area contributed by atoms with Crippen molar-refractivity contribution in [1.29, 1.82) is 0 Å². The van der Waals surface area contributed by atoms with E-state index in [4.69, 9.17) is 10.5 Å². The summed E-state index contributed by atoms with van der Waals surface area (Å²) in [6, 6.07) is 3.46. The molecule has 76 valence electrons. The largest absolute Gasteiger partial charge is 0.492 e. The maximum atomic E-state index is 12.7. The van der Waals surface area contributed by atoms with Crippen LogP contribution in [-0.2, 0) is 0 Å². The number of halogens is 2. The fourth-order valence-corrected chi connectivity index (χ4v) is 1.10. The van der Waals surface area contributed by atoms with Crippen molar-refractivity contribution in [3.05, 3.63) is 29.8 Å². The molecule has 1 aromatic rings. The van der Waals surface area contributed by atoms with Gasteiger partial charge in [-0.05, 0) is 25.0 Å². The van der Waals surface area contributed by atoms with Gasteiger partial charge in [0.2, 0.25) is 0 Å². The number of rotatable bonds is 3. The normalized spacial score (nSPS) is 17.9. The highest BCUT2D eigenvalue weighted by Crippen LogP contribution is 2.32. The summed E-state index contributed by atoms with van der Waals surface area (Å²) < 4.78 is 30.5. The van der Waals surface area contributed by atoms with Crippen LogP contribution in [-0.4, -0.2) is 12.1 Å². The molecule has 0 atom stereocenters. The number of hydrogen-bond donors (Lipinski definition) is 1. The molecule has 0 amide bonds. The Morgan fingerprint density at radius 1 is 1.29 bits per heavy atom. The van der Waals surface area contributed by atoms with Crippen LogP contribution in [0.5, 0.6) is 5.75 Å². The Morgan fingerprint density at radius 2 is 2.00 bits per heavy atom. The minimum absolute atomic E-state index is 0.245. The minimum Gasteiger partial charge on any atom is -0.492 e. The molecule has 4 heteroatoms. The lowest BCUT2D eigenvalue weighted by atomic mass is 10.3. The van der Waals surface area contributed by atoms with Crippen molar-refractivity contribution in [2.75, 3.05) is 6.61 Å². The van der Waals surface area contributed by atoms with Crippen molar-refractivity contribution < 1.29 is 13.5 Å². The monoisotopic (exact) mass is 199 g/mol. The first-order chi connectivity index (χ1) is 6.59. The van der Waals surface area contributed by atoms with Crippen LogP contribution in [0.3, 0.4) is 0 Å². The molecule has 2 nitrogen and oxygen atoms in total. The molecule has 0 radical (unpaired) electrons. The molecule has 0 heterocycles. The molecule has 2 N–H and O–H groups in total. The van der Waals surface area contributed by atoms with Crippen LogP contribution < -0.4 is 10.5 Å². The lowest BCUT2D eigenvalue weighted by Crippen LogP contribution is -2.29. The van der Waals surface area contributed by atoms with Crippen LogP contribution in [0, 0.1) is 11.6 Å². The average molecular weight is 199 g/mol. The molecule has 0 saturated heterocycles. The average Bonchev–Trinajstić information content (AvgIpc) is 2.87. The molecule has 2 rings (SSSR count). The fraction of sp³-hybridized carbons (Fsp3) is 0.400. The van der Waals surface area contributed by atoms with Gasteiger partial charge in [-0.1, -0.05) is 0 Å². The quantitative estimate of drug-likeness (QED) is 0.806. The topological polar surface area (TPSA) is 35.2 Å². The number of nitrogens with two attached hydrogens (primary N) is 1. The third-order valence-electron chi connectivity index (χ3n) is 2.31. The molecule has 1 saturated carbocycles. The summed E-state index contributed by atoms with van der Waals surface area (Å²) in [5.41, 5.74) is 5.52. The zero-order valence-corrected chi connectivity index (χ0v) is 7.59. The van der Waals surface area contributed by atoms with E-state index in [1.165, 1.54) is 6.07 Å². The molecule has 0 aromatic heterocycles. The second-order valence-corrected chi connectivity index (χ2v) is 3.73. The van der Waals surface area contributed by atoms with E-state index < -0.39 is 11.6 Å². The van der Waals surface area contributed by atoms with Crippen LogP contribution >= 0.6 is 0 Å². The van der Waals surface area contributed by atoms with Gasteiger partial charge in [0.1, 0.15) is 12.4 Å². The van der Waals surface area contributed by atoms with Crippen LogP contribution in [0.25, 0.3) is 0 Å². The summed E-state index contributed by atoms with van der Waals surface area (Å²) >= 11 is 0. The second kappa shape index (κ2) is 3.20. The van der Waals surface area contributed by atoms with E-state index in [1.54, 1.807) is 0 Å². The predicted molar refractivity (Wildman–Crippen MR) is 48.0 cm³/mol. The van der Waals surface area contributed by atoms with E-state index in [0.29, 0.717) is 12.4 Å². The highest BCUT2D eigenvalue weighted by molar-refractivity contribution is 5.24. The summed E-state index contributed by atoms with van der Waals surface area (Å²) in [6.45, 7) is 0.359. The zero-order valence-electron chi connectivity index (χ0n) is 7.59. The Labute approximate surface area is 80.7 Å². The van der Waals surface area contributed by atoms with E-state index >= 15 is 0 Å². The number of ether oxygens (including phenoxy) is 1. The summed E-state index contributed by atoms with van der Waals surface area (Å²) in [4.78, 5) is 0. The van der Waals surface area contributed by atoms with E-state index in [9.17, 15) is 8.78 Å². The highest BCUT2D eigenvalue weighted by Gasteiger charge is 2.39.